The molecule has 1 aromatic heterocycles. The van der Waals surface area contributed by atoms with Crippen LogP contribution in [0.4, 0.5) is 0 Å². The quantitative estimate of drug-likeness (QED) is 0.795. The first-order valence-corrected chi connectivity index (χ1v) is 7.30. The molecule has 1 aliphatic heterocycles. The summed E-state index contributed by atoms with van der Waals surface area (Å²) in [7, 11) is 0. The Morgan fingerprint density at radius 3 is 2.38 bits per heavy atom. The van der Waals surface area contributed by atoms with Gasteiger partial charge in [-0.25, -0.2) is 0 Å². The molecule has 0 atom stereocenters. The maximum Gasteiger partial charge on any atom is 0.0971 e. The SMILES string of the molecule is c1ccc(Cn2nc(-c3ccccc3)c3c2CNC3)cc1. The predicted octanol–water partition coefficient (Wildman–Crippen LogP) is 3.20. The van der Waals surface area contributed by atoms with E-state index in [0.29, 0.717) is 0 Å². The number of nitrogens with one attached hydrogen (secondary N) is 1. The monoisotopic (exact) mass is 275 g/mol. The Labute approximate surface area is 124 Å². The average molecular weight is 275 g/mol. The molecule has 4 rings (SSSR count). The summed E-state index contributed by atoms with van der Waals surface area (Å²) in [5, 5.41) is 8.32. The average Bonchev–Trinajstić information content (AvgIpc) is 3.13. The summed E-state index contributed by atoms with van der Waals surface area (Å²) in [5.74, 6) is 0. The number of nitrogens with zero attached hydrogens (tertiary/aromatic N) is 2. The third-order valence-electron chi connectivity index (χ3n) is 3.98. The van der Waals surface area contributed by atoms with E-state index in [4.69, 9.17) is 5.10 Å². The molecule has 0 spiro atoms. The number of hydrogen-bond donors (Lipinski definition) is 1. The van der Waals surface area contributed by atoms with Crippen molar-refractivity contribution in [1.82, 2.24) is 15.1 Å². The van der Waals surface area contributed by atoms with Crippen molar-refractivity contribution in [3.63, 3.8) is 0 Å². The highest BCUT2D eigenvalue weighted by atomic mass is 15.3. The first kappa shape index (κ1) is 12.4. The van der Waals surface area contributed by atoms with Crippen LogP contribution in [0.5, 0.6) is 0 Å². The second kappa shape index (κ2) is 5.19. The van der Waals surface area contributed by atoms with Gasteiger partial charge in [0, 0.05) is 24.2 Å². The molecule has 0 aliphatic carbocycles. The molecule has 0 bridgehead atoms. The highest BCUT2D eigenvalue weighted by Crippen LogP contribution is 2.28. The van der Waals surface area contributed by atoms with E-state index >= 15 is 0 Å². The smallest absolute Gasteiger partial charge is 0.0971 e. The van der Waals surface area contributed by atoms with Gasteiger partial charge in [-0.1, -0.05) is 60.7 Å². The molecule has 1 N–H and O–H groups in total. The molecule has 0 radical (unpaired) electrons. The highest BCUT2D eigenvalue weighted by Gasteiger charge is 2.22. The van der Waals surface area contributed by atoms with E-state index in [1.165, 1.54) is 22.4 Å². The number of aromatic nitrogens is 2. The van der Waals surface area contributed by atoms with E-state index in [-0.39, 0.29) is 0 Å². The van der Waals surface area contributed by atoms with Crippen LogP contribution in [0.25, 0.3) is 11.3 Å². The Morgan fingerprint density at radius 1 is 0.905 bits per heavy atom. The van der Waals surface area contributed by atoms with Gasteiger partial charge in [-0.2, -0.15) is 5.10 Å². The van der Waals surface area contributed by atoms with Gasteiger partial charge in [0.15, 0.2) is 0 Å². The zero-order valence-corrected chi connectivity index (χ0v) is 11.8. The largest absolute Gasteiger partial charge is 0.307 e. The summed E-state index contributed by atoms with van der Waals surface area (Å²) >= 11 is 0. The van der Waals surface area contributed by atoms with Gasteiger partial charge in [0.05, 0.1) is 17.9 Å². The lowest BCUT2D eigenvalue weighted by Crippen LogP contribution is -2.10. The van der Waals surface area contributed by atoms with Gasteiger partial charge in [-0.15, -0.1) is 0 Å². The molecule has 2 aromatic carbocycles. The van der Waals surface area contributed by atoms with Crippen LogP contribution in [-0.4, -0.2) is 9.78 Å². The minimum atomic E-state index is 0.831. The molecule has 1 aliphatic rings. The lowest BCUT2D eigenvalue weighted by atomic mass is 10.1. The van der Waals surface area contributed by atoms with Crippen LogP contribution in [0.2, 0.25) is 0 Å². The van der Waals surface area contributed by atoms with Gasteiger partial charge in [-0.05, 0) is 5.56 Å². The summed E-state index contributed by atoms with van der Waals surface area (Å²) in [4.78, 5) is 0. The van der Waals surface area contributed by atoms with Crippen LogP contribution < -0.4 is 5.32 Å². The highest BCUT2D eigenvalue weighted by molar-refractivity contribution is 5.64. The van der Waals surface area contributed by atoms with E-state index in [1.54, 1.807) is 0 Å². The fourth-order valence-electron chi connectivity index (χ4n) is 2.94. The second-order valence-electron chi connectivity index (χ2n) is 5.39. The van der Waals surface area contributed by atoms with Gasteiger partial charge in [0.2, 0.25) is 0 Å². The maximum atomic E-state index is 4.87. The topological polar surface area (TPSA) is 29.9 Å². The van der Waals surface area contributed by atoms with Crippen LogP contribution >= 0.6 is 0 Å². The molecule has 0 amide bonds. The van der Waals surface area contributed by atoms with Gasteiger partial charge < -0.3 is 5.32 Å². The molecule has 104 valence electrons. The number of rotatable bonds is 3. The summed E-state index contributed by atoms with van der Waals surface area (Å²) in [6, 6.07) is 21.0. The summed E-state index contributed by atoms with van der Waals surface area (Å²) in [6.07, 6.45) is 0. The van der Waals surface area contributed by atoms with Crippen molar-refractivity contribution in [3.8, 4) is 11.3 Å². The van der Waals surface area contributed by atoms with Gasteiger partial charge >= 0.3 is 0 Å². The standard InChI is InChI=1S/C18H17N3/c1-3-7-14(8-4-1)13-21-17-12-19-11-16(17)18(20-21)15-9-5-2-6-10-15/h1-10,19H,11-13H2. The minimum absolute atomic E-state index is 0.831. The third kappa shape index (κ3) is 2.26. The maximum absolute atomic E-state index is 4.87. The molecule has 3 heteroatoms. The van der Waals surface area contributed by atoms with Gasteiger partial charge in [0.1, 0.15) is 0 Å². The molecule has 3 nitrogen and oxygen atoms in total. The van der Waals surface area contributed by atoms with Crippen LogP contribution in [0.3, 0.4) is 0 Å². The Hall–Kier alpha value is -2.39. The van der Waals surface area contributed by atoms with E-state index in [0.717, 1.165) is 25.3 Å². The minimum Gasteiger partial charge on any atom is -0.307 e. The zero-order valence-electron chi connectivity index (χ0n) is 11.8. The molecule has 3 aromatic rings. The molecule has 2 heterocycles. The first-order valence-electron chi connectivity index (χ1n) is 7.30. The third-order valence-corrected chi connectivity index (χ3v) is 3.98. The molecular weight excluding hydrogens is 258 g/mol. The second-order valence-corrected chi connectivity index (χ2v) is 5.39. The van der Waals surface area contributed by atoms with E-state index in [1.807, 2.05) is 12.1 Å². The lowest BCUT2D eigenvalue weighted by molar-refractivity contribution is 0.626. The van der Waals surface area contributed by atoms with Crippen molar-refractivity contribution in [1.29, 1.82) is 0 Å². The molecule has 21 heavy (non-hydrogen) atoms. The summed E-state index contributed by atoms with van der Waals surface area (Å²) in [5.41, 5.74) is 6.26. The van der Waals surface area contributed by atoms with Crippen molar-refractivity contribution in [2.24, 2.45) is 0 Å². The van der Waals surface area contributed by atoms with Crippen molar-refractivity contribution in [2.45, 2.75) is 19.6 Å². The normalized spacial score (nSPS) is 13.3. The van der Waals surface area contributed by atoms with Crippen molar-refractivity contribution < 1.29 is 0 Å². The summed E-state index contributed by atoms with van der Waals surface area (Å²) < 4.78 is 2.15. The van der Waals surface area contributed by atoms with Gasteiger partial charge in [-0.3, -0.25) is 4.68 Å². The predicted molar refractivity (Wildman–Crippen MR) is 83.8 cm³/mol. The summed E-state index contributed by atoms with van der Waals surface area (Å²) in [6.45, 7) is 2.65. The van der Waals surface area contributed by atoms with E-state index < -0.39 is 0 Å². The Bertz CT molecular complexity index is 745. The Morgan fingerprint density at radius 2 is 1.62 bits per heavy atom. The van der Waals surface area contributed by atoms with E-state index in [2.05, 4.69) is 58.5 Å². The zero-order chi connectivity index (χ0) is 14.1. The number of hydrogen-bond acceptors (Lipinski definition) is 2. The van der Waals surface area contributed by atoms with Crippen molar-refractivity contribution in [2.75, 3.05) is 0 Å². The van der Waals surface area contributed by atoms with E-state index in [9.17, 15) is 0 Å². The number of benzene rings is 2. The molecule has 0 unspecified atom stereocenters. The van der Waals surface area contributed by atoms with Crippen LogP contribution in [0, 0.1) is 0 Å². The molecule has 0 fully saturated rings. The molecule has 0 saturated heterocycles. The number of fused-ring (bicyclic) bond motifs is 1. The Kier molecular flexibility index (Phi) is 3.05. The lowest BCUT2D eigenvalue weighted by Gasteiger charge is -2.05. The van der Waals surface area contributed by atoms with Crippen LogP contribution in [-0.2, 0) is 19.6 Å². The van der Waals surface area contributed by atoms with Crippen molar-refractivity contribution >= 4 is 0 Å². The van der Waals surface area contributed by atoms with Gasteiger partial charge in [0.25, 0.3) is 0 Å². The van der Waals surface area contributed by atoms with Crippen LogP contribution in [0.15, 0.2) is 60.7 Å². The molecule has 0 saturated carbocycles. The first-order chi connectivity index (χ1) is 10.4. The van der Waals surface area contributed by atoms with Crippen LogP contribution in [0.1, 0.15) is 16.8 Å². The fourth-order valence-corrected chi connectivity index (χ4v) is 2.94. The molecular formula is C18H17N3. The van der Waals surface area contributed by atoms with Crippen molar-refractivity contribution in [3.05, 3.63) is 77.5 Å². The Balaban J connectivity index is 1.76. The fraction of sp³-hybridized carbons (Fsp3) is 0.167.